The maximum Gasteiger partial charge on any atom is 0.323 e. The van der Waals surface area contributed by atoms with Gasteiger partial charge < -0.3 is 15.3 Å². The van der Waals surface area contributed by atoms with Crippen LogP contribution < -0.4 is 14.8 Å². The van der Waals surface area contributed by atoms with Crippen LogP contribution in [-0.4, -0.2) is 56.9 Å². The molecule has 11 heteroatoms. The Bertz CT molecular complexity index is 760. The number of aliphatic carboxylic acids is 1. The van der Waals surface area contributed by atoms with Crippen LogP contribution in [0.1, 0.15) is 18.4 Å². The van der Waals surface area contributed by atoms with Crippen LogP contribution in [0.2, 0.25) is 0 Å². The largest absolute Gasteiger partial charge is 0.480 e. The molecule has 2 rings (SSSR count). The van der Waals surface area contributed by atoms with E-state index in [2.05, 4.69) is 15.2 Å². The number of benzene rings is 1. The number of carbonyl (C=O) groups excluding carboxylic acids is 1. The fourth-order valence-corrected chi connectivity index (χ4v) is 3.34. The van der Waals surface area contributed by atoms with Crippen LogP contribution in [0.5, 0.6) is 0 Å². The minimum Gasteiger partial charge on any atom is -0.480 e. The number of nitrogens with zero attached hydrogens (tertiary/aromatic N) is 1. The van der Waals surface area contributed by atoms with Gasteiger partial charge in [-0.25, -0.2) is 4.72 Å². The van der Waals surface area contributed by atoms with Crippen LogP contribution in [0.4, 0.5) is 0 Å². The molecule has 0 aliphatic carbocycles. The minimum atomic E-state index is -4.04. The minimum absolute atomic E-state index is 0.00835. The molecule has 10 nitrogen and oxygen atoms in total. The van der Waals surface area contributed by atoms with Gasteiger partial charge in [-0.3, -0.25) is 9.59 Å². The van der Waals surface area contributed by atoms with Crippen molar-refractivity contribution in [2.75, 3.05) is 13.1 Å². The summed E-state index contributed by atoms with van der Waals surface area (Å²) in [7, 11) is -4.04. The lowest BCUT2D eigenvalue weighted by molar-refractivity contribution is -0.139. The maximum absolute atomic E-state index is 12.0. The van der Waals surface area contributed by atoms with Gasteiger partial charge in [0.05, 0.1) is 6.42 Å². The number of oxime groups is 1. The van der Waals surface area contributed by atoms with E-state index in [-0.39, 0.29) is 25.6 Å². The quantitative estimate of drug-likeness (QED) is 0.391. The van der Waals surface area contributed by atoms with Gasteiger partial charge in [0.1, 0.15) is 12.1 Å². The Kier molecular flexibility index (Phi) is 7.70. The molecule has 0 fully saturated rings. The smallest absolute Gasteiger partial charge is 0.323 e. The molecular weight excluding hydrogens is 376 g/mol. The number of carbonyl (C=O) groups is 2. The monoisotopic (exact) mass is 398 g/mol. The summed E-state index contributed by atoms with van der Waals surface area (Å²) >= 11 is 0. The van der Waals surface area contributed by atoms with E-state index in [1.165, 1.54) is 6.21 Å². The molecule has 0 bridgehead atoms. The average Bonchev–Trinajstić information content (AvgIpc) is 3.12. The van der Waals surface area contributed by atoms with Crippen molar-refractivity contribution in [3.8, 4) is 0 Å². The molecule has 1 aromatic rings. The second-order valence-electron chi connectivity index (χ2n) is 5.90. The molecule has 1 aromatic carbocycles. The maximum atomic E-state index is 12.0. The highest BCUT2D eigenvalue weighted by Crippen LogP contribution is 2.08. The summed E-state index contributed by atoms with van der Waals surface area (Å²) in [4.78, 5) is 28.0. The van der Waals surface area contributed by atoms with Gasteiger partial charge in [-0.15, -0.1) is 0 Å². The van der Waals surface area contributed by atoms with Crippen LogP contribution in [0.25, 0.3) is 0 Å². The highest BCUT2D eigenvalue weighted by atomic mass is 32.2. The molecule has 0 unspecified atom stereocenters. The first-order chi connectivity index (χ1) is 12.9. The normalized spacial score (nSPS) is 17.3. The van der Waals surface area contributed by atoms with E-state index in [9.17, 15) is 23.1 Å². The number of nitrogens with one attached hydrogen (secondary N) is 3. The van der Waals surface area contributed by atoms with Gasteiger partial charge in [-0.2, -0.15) is 13.1 Å². The van der Waals surface area contributed by atoms with Gasteiger partial charge in [-0.1, -0.05) is 35.5 Å². The Morgan fingerprint density at radius 1 is 1.30 bits per heavy atom. The number of amides is 1. The van der Waals surface area contributed by atoms with Crippen molar-refractivity contribution in [1.29, 1.82) is 0 Å². The van der Waals surface area contributed by atoms with Crippen molar-refractivity contribution in [2.45, 2.75) is 31.4 Å². The van der Waals surface area contributed by atoms with Crippen LogP contribution in [0, 0.1) is 0 Å². The van der Waals surface area contributed by atoms with Crippen LogP contribution in [-0.2, 0) is 31.1 Å². The highest BCUT2D eigenvalue weighted by molar-refractivity contribution is 7.87. The summed E-state index contributed by atoms with van der Waals surface area (Å²) in [5, 5.41) is 15.1. The molecule has 2 atom stereocenters. The number of hydrogen-bond acceptors (Lipinski definition) is 6. The fourth-order valence-electron chi connectivity index (χ4n) is 2.33. The third-order valence-electron chi connectivity index (χ3n) is 3.71. The Balaban J connectivity index is 1.77. The van der Waals surface area contributed by atoms with Crippen molar-refractivity contribution < 1.29 is 28.0 Å². The van der Waals surface area contributed by atoms with Gasteiger partial charge in [0, 0.05) is 25.7 Å². The first kappa shape index (κ1) is 20.8. The van der Waals surface area contributed by atoms with Gasteiger partial charge in [-0.05, 0) is 12.0 Å². The Hall–Kier alpha value is -2.50. The first-order valence-electron chi connectivity index (χ1n) is 8.34. The molecule has 0 saturated heterocycles. The SMILES string of the molecule is O=C(C[C@H]1CC=NO1)NC[C@H](NS(=O)(=O)NCCc1ccccc1)C(=O)O. The zero-order chi connectivity index (χ0) is 19.7. The zero-order valence-corrected chi connectivity index (χ0v) is 15.3. The molecule has 1 aliphatic heterocycles. The average molecular weight is 398 g/mol. The van der Waals surface area contributed by atoms with E-state index in [0.29, 0.717) is 12.8 Å². The highest BCUT2D eigenvalue weighted by Gasteiger charge is 2.25. The topological polar surface area (TPSA) is 146 Å². The molecule has 0 saturated carbocycles. The van der Waals surface area contributed by atoms with Crippen molar-refractivity contribution in [3.05, 3.63) is 35.9 Å². The standard InChI is InChI=1S/C16H22N4O6S/c21-15(10-13-7-8-18-26-13)17-11-14(16(22)23)20-27(24,25)19-9-6-12-4-2-1-3-5-12/h1-5,8,13-14,19-20H,6-7,9-11H2,(H,17,21)(H,22,23)/t13-,14+/m1/s1. The van der Waals surface area contributed by atoms with E-state index in [4.69, 9.17) is 4.84 Å². The Morgan fingerprint density at radius 2 is 2.04 bits per heavy atom. The van der Waals surface area contributed by atoms with Crippen LogP contribution in [0.3, 0.4) is 0 Å². The number of carboxylic acids is 1. The summed E-state index contributed by atoms with van der Waals surface area (Å²) in [5.41, 5.74) is 0.945. The number of rotatable bonds is 11. The summed E-state index contributed by atoms with van der Waals surface area (Å²) in [6, 6.07) is 7.76. The van der Waals surface area contributed by atoms with Crippen molar-refractivity contribution in [2.24, 2.45) is 5.16 Å². The lowest BCUT2D eigenvalue weighted by Crippen LogP contribution is -2.52. The lowest BCUT2D eigenvalue weighted by Gasteiger charge is -2.16. The number of carboxylic acid groups (broad SMARTS) is 1. The molecule has 1 amide bonds. The van der Waals surface area contributed by atoms with E-state index in [1.807, 2.05) is 35.1 Å². The predicted octanol–water partition coefficient (Wildman–Crippen LogP) is -0.613. The number of hydrogen-bond donors (Lipinski definition) is 4. The lowest BCUT2D eigenvalue weighted by atomic mass is 10.2. The van der Waals surface area contributed by atoms with Gasteiger partial charge in [0.25, 0.3) is 10.2 Å². The molecule has 27 heavy (non-hydrogen) atoms. The van der Waals surface area contributed by atoms with Crippen molar-refractivity contribution >= 4 is 28.3 Å². The van der Waals surface area contributed by atoms with Gasteiger partial charge in [0.2, 0.25) is 5.91 Å². The van der Waals surface area contributed by atoms with Crippen LogP contribution >= 0.6 is 0 Å². The second kappa shape index (κ2) is 10.00. The Morgan fingerprint density at radius 3 is 2.67 bits per heavy atom. The van der Waals surface area contributed by atoms with E-state index in [0.717, 1.165) is 5.56 Å². The van der Waals surface area contributed by atoms with Gasteiger partial charge >= 0.3 is 5.97 Å². The van der Waals surface area contributed by atoms with Crippen molar-refractivity contribution in [1.82, 2.24) is 14.8 Å². The molecule has 0 radical (unpaired) electrons. The summed E-state index contributed by atoms with van der Waals surface area (Å²) < 4.78 is 28.4. The molecule has 4 N–H and O–H groups in total. The van der Waals surface area contributed by atoms with E-state index in [1.54, 1.807) is 0 Å². The molecular formula is C16H22N4O6S. The molecule has 1 aliphatic rings. The van der Waals surface area contributed by atoms with Crippen molar-refractivity contribution in [3.63, 3.8) is 0 Å². The molecule has 148 valence electrons. The summed E-state index contributed by atoms with van der Waals surface area (Å²) in [6.45, 7) is -0.279. The molecule has 0 spiro atoms. The summed E-state index contributed by atoms with van der Waals surface area (Å²) in [5.74, 6) is -1.85. The predicted molar refractivity (Wildman–Crippen MR) is 97.2 cm³/mol. The van der Waals surface area contributed by atoms with Crippen LogP contribution in [0.15, 0.2) is 35.5 Å². The fraction of sp³-hybridized carbons (Fsp3) is 0.438. The first-order valence-corrected chi connectivity index (χ1v) is 9.82. The third-order valence-corrected chi connectivity index (χ3v) is 4.89. The molecule has 0 aromatic heterocycles. The Labute approximate surface area is 157 Å². The zero-order valence-electron chi connectivity index (χ0n) is 14.5. The summed E-state index contributed by atoms with van der Waals surface area (Å²) in [6.07, 6.45) is 2.11. The van der Waals surface area contributed by atoms with E-state index >= 15 is 0 Å². The third kappa shape index (κ3) is 7.72. The molecule has 1 heterocycles. The van der Waals surface area contributed by atoms with E-state index < -0.39 is 28.1 Å². The van der Waals surface area contributed by atoms with Gasteiger partial charge in [0.15, 0.2) is 0 Å². The second-order valence-corrected chi connectivity index (χ2v) is 7.43.